The molecule has 0 aromatic heterocycles. The number of rotatable bonds is 2. The number of hydrogen-bond donors (Lipinski definition) is 1. The van der Waals surface area contributed by atoms with Gasteiger partial charge in [0.25, 0.3) is 0 Å². The second-order valence-electron chi connectivity index (χ2n) is 4.48. The van der Waals surface area contributed by atoms with Crippen LogP contribution >= 0.6 is 0 Å². The SMILES string of the molecule is NC(C1=CCCCO1)c1ccc2c(c1)OCCO2. The number of hydrogen-bond acceptors (Lipinski definition) is 4. The van der Waals surface area contributed by atoms with Crippen molar-refractivity contribution in [2.24, 2.45) is 5.73 Å². The molecular formula is C14H17NO3. The van der Waals surface area contributed by atoms with Crippen LogP contribution in [-0.2, 0) is 4.74 Å². The van der Waals surface area contributed by atoms with E-state index in [-0.39, 0.29) is 6.04 Å². The van der Waals surface area contributed by atoms with E-state index in [0.717, 1.165) is 42.3 Å². The maximum atomic E-state index is 6.21. The van der Waals surface area contributed by atoms with Crippen LogP contribution < -0.4 is 15.2 Å². The van der Waals surface area contributed by atoms with Gasteiger partial charge in [0.05, 0.1) is 12.6 Å². The van der Waals surface area contributed by atoms with E-state index < -0.39 is 0 Å². The first kappa shape index (κ1) is 11.4. The summed E-state index contributed by atoms with van der Waals surface area (Å²) >= 11 is 0. The van der Waals surface area contributed by atoms with Crippen molar-refractivity contribution in [2.75, 3.05) is 19.8 Å². The van der Waals surface area contributed by atoms with Crippen LogP contribution in [0.2, 0.25) is 0 Å². The van der Waals surface area contributed by atoms with Gasteiger partial charge in [0.15, 0.2) is 11.5 Å². The van der Waals surface area contributed by atoms with Crippen molar-refractivity contribution >= 4 is 0 Å². The minimum absolute atomic E-state index is 0.221. The molecule has 0 spiro atoms. The average Bonchev–Trinajstić information content (AvgIpc) is 2.47. The summed E-state index contributed by atoms with van der Waals surface area (Å²) in [5.74, 6) is 2.42. The monoisotopic (exact) mass is 247 g/mol. The van der Waals surface area contributed by atoms with Crippen LogP contribution in [0.3, 0.4) is 0 Å². The molecule has 0 bridgehead atoms. The maximum Gasteiger partial charge on any atom is 0.161 e. The van der Waals surface area contributed by atoms with Crippen LogP contribution in [0.1, 0.15) is 24.4 Å². The van der Waals surface area contributed by atoms with E-state index in [1.54, 1.807) is 0 Å². The van der Waals surface area contributed by atoms with E-state index in [4.69, 9.17) is 19.9 Å². The molecule has 0 saturated carbocycles. The van der Waals surface area contributed by atoms with Gasteiger partial charge in [-0.2, -0.15) is 0 Å². The van der Waals surface area contributed by atoms with E-state index in [2.05, 4.69) is 6.08 Å². The van der Waals surface area contributed by atoms with Gasteiger partial charge in [-0.1, -0.05) is 6.07 Å². The Balaban J connectivity index is 1.85. The molecule has 1 aromatic rings. The molecule has 1 unspecified atom stereocenters. The molecule has 2 N–H and O–H groups in total. The number of ether oxygens (including phenoxy) is 3. The number of fused-ring (bicyclic) bond motifs is 1. The van der Waals surface area contributed by atoms with Crippen LogP contribution in [0.15, 0.2) is 30.0 Å². The highest BCUT2D eigenvalue weighted by molar-refractivity contribution is 5.45. The van der Waals surface area contributed by atoms with Crippen molar-refractivity contribution < 1.29 is 14.2 Å². The first-order chi connectivity index (χ1) is 8.84. The largest absolute Gasteiger partial charge is 0.496 e. The quantitative estimate of drug-likeness (QED) is 0.870. The van der Waals surface area contributed by atoms with E-state index in [1.165, 1.54) is 0 Å². The second-order valence-corrected chi connectivity index (χ2v) is 4.48. The fraction of sp³-hybridized carbons (Fsp3) is 0.429. The van der Waals surface area contributed by atoms with E-state index >= 15 is 0 Å². The number of nitrogens with two attached hydrogens (primary N) is 1. The minimum Gasteiger partial charge on any atom is -0.496 e. The molecule has 0 aliphatic carbocycles. The first-order valence-electron chi connectivity index (χ1n) is 6.32. The Bertz CT molecular complexity index is 470. The lowest BCUT2D eigenvalue weighted by atomic mass is 10.0. The minimum atomic E-state index is -0.221. The van der Waals surface area contributed by atoms with Crippen molar-refractivity contribution in [1.29, 1.82) is 0 Å². The van der Waals surface area contributed by atoms with Gasteiger partial charge >= 0.3 is 0 Å². The highest BCUT2D eigenvalue weighted by Crippen LogP contribution is 2.34. The number of allylic oxidation sites excluding steroid dienone is 1. The van der Waals surface area contributed by atoms with Gasteiger partial charge in [-0.3, -0.25) is 0 Å². The molecule has 0 saturated heterocycles. The van der Waals surface area contributed by atoms with Gasteiger partial charge in [0.2, 0.25) is 0 Å². The van der Waals surface area contributed by atoms with Crippen molar-refractivity contribution in [3.8, 4) is 11.5 Å². The lowest BCUT2D eigenvalue weighted by Crippen LogP contribution is -2.19. The van der Waals surface area contributed by atoms with Crippen molar-refractivity contribution in [2.45, 2.75) is 18.9 Å². The van der Waals surface area contributed by atoms with Gasteiger partial charge < -0.3 is 19.9 Å². The summed E-state index contributed by atoms with van der Waals surface area (Å²) in [6, 6.07) is 5.60. The third-order valence-corrected chi connectivity index (χ3v) is 3.19. The summed E-state index contributed by atoms with van der Waals surface area (Å²) in [5.41, 5.74) is 7.21. The summed E-state index contributed by atoms with van der Waals surface area (Å²) in [5, 5.41) is 0. The van der Waals surface area contributed by atoms with Crippen LogP contribution in [0.4, 0.5) is 0 Å². The molecule has 2 aliphatic rings. The van der Waals surface area contributed by atoms with E-state index in [9.17, 15) is 0 Å². The van der Waals surface area contributed by atoms with Crippen molar-refractivity contribution in [3.05, 3.63) is 35.6 Å². The Hall–Kier alpha value is -1.68. The van der Waals surface area contributed by atoms with Crippen LogP contribution in [0.25, 0.3) is 0 Å². The van der Waals surface area contributed by atoms with Crippen LogP contribution in [0, 0.1) is 0 Å². The average molecular weight is 247 g/mol. The zero-order valence-corrected chi connectivity index (χ0v) is 10.2. The molecule has 96 valence electrons. The maximum absolute atomic E-state index is 6.21. The van der Waals surface area contributed by atoms with Gasteiger partial charge in [-0.25, -0.2) is 0 Å². The predicted octanol–water partition coefficient (Wildman–Crippen LogP) is 2.15. The molecule has 4 heteroatoms. The van der Waals surface area contributed by atoms with Crippen molar-refractivity contribution in [1.82, 2.24) is 0 Å². The Kier molecular flexibility index (Phi) is 3.11. The molecule has 2 heterocycles. The summed E-state index contributed by atoms with van der Waals surface area (Å²) < 4.78 is 16.7. The lowest BCUT2D eigenvalue weighted by Gasteiger charge is -2.23. The zero-order valence-electron chi connectivity index (χ0n) is 10.2. The molecule has 18 heavy (non-hydrogen) atoms. The zero-order chi connectivity index (χ0) is 12.4. The summed E-state index contributed by atoms with van der Waals surface area (Å²) in [6.45, 7) is 1.95. The highest BCUT2D eigenvalue weighted by atomic mass is 16.6. The van der Waals surface area contributed by atoms with Gasteiger partial charge in [0, 0.05) is 0 Å². The Morgan fingerprint density at radius 3 is 2.61 bits per heavy atom. The molecule has 0 radical (unpaired) electrons. The predicted molar refractivity (Wildman–Crippen MR) is 67.6 cm³/mol. The van der Waals surface area contributed by atoms with E-state index in [1.807, 2.05) is 18.2 Å². The Morgan fingerprint density at radius 1 is 1.00 bits per heavy atom. The molecule has 3 rings (SSSR count). The smallest absolute Gasteiger partial charge is 0.161 e. The third-order valence-electron chi connectivity index (χ3n) is 3.19. The topological polar surface area (TPSA) is 53.7 Å². The Morgan fingerprint density at radius 2 is 1.83 bits per heavy atom. The summed E-state index contributed by atoms with van der Waals surface area (Å²) in [7, 11) is 0. The fourth-order valence-electron chi connectivity index (χ4n) is 2.21. The summed E-state index contributed by atoms with van der Waals surface area (Å²) in [4.78, 5) is 0. The standard InChI is InChI=1S/C14H17NO3/c15-14(12-3-1-2-6-16-12)10-4-5-11-13(9-10)18-8-7-17-11/h3-5,9,14H,1-2,6-8,15H2. The van der Waals surface area contributed by atoms with Crippen LogP contribution in [-0.4, -0.2) is 19.8 Å². The summed E-state index contributed by atoms with van der Waals surface area (Å²) in [6.07, 6.45) is 4.18. The normalized spacial score (nSPS) is 19.7. The molecule has 4 nitrogen and oxygen atoms in total. The lowest BCUT2D eigenvalue weighted by molar-refractivity contribution is 0.169. The first-order valence-corrected chi connectivity index (χ1v) is 6.32. The fourth-order valence-corrected chi connectivity index (χ4v) is 2.21. The number of benzene rings is 1. The van der Waals surface area contributed by atoms with Gasteiger partial charge in [-0.05, 0) is 36.6 Å². The van der Waals surface area contributed by atoms with Gasteiger partial charge in [-0.15, -0.1) is 0 Å². The van der Waals surface area contributed by atoms with Crippen molar-refractivity contribution in [3.63, 3.8) is 0 Å². The molecule has 0 amide bonds. The Labute approximate surface area is 106 Å². The molecule has 2 aliphatic heterocycles. The van der Waals surface area contributed by atoms with Gasteiger partial charge in [0.1, 0.15) is 19.0 Å². The van der Waals surface area contributed by atoms with Crippen LogP contribution in [0.5, 0.6) is 11.5 Å². The third kappa shape index (κ3) is 2.16. The van der Waals surface area contributed by atoms with E-state index in [0.29, 0.717) is 13.2 Å². The molecule has 1 aromatic carbocycles. The highest BCUT2D eigenvalue weighted by Gasteiger charge is 2.19. The molecule has 1 atom stereocenters. The molecular weight excluding hydrogens is 230 g/mol. The molecule has 0 fully saturated rings. The second kappa shape index (κ2) is 4.90.